The van der Waals surface area contributed by atoms with Gasteiger partial charge >= 0.3 is 0 Å². The van der Waals surface area contributed by atoms with E-state index >= 15 is 0 Å². The topological polar surface area (TPSA) is 20.3 Å². The van der Waals surface area contributed by atoms with E-state index in [9.17, 15) is 4.79 Å². The summed E-state index contributed by atoms with van der Waals surface area (Å²) in [6.07, 6.45) is 1.61. The quantitative estimate of drug-likeness (QED) is 0.736. The number of rotatable bonds is 5. The molecule has 0 aromatic heterocycles. The highest BCUT2D eigenvalue weighted by Crippen LogP contribution is 2.14. The van der Waals surface area contributed by atoms with E-state index in [2.05, 4.69) is 43.1 Å². The number of anilines is 1. The molecule has 0 saturated carbocycles. The Balaban J connectivity index is 2.46. The molecule has 0 amide bonds. The highest BCUT2D eigenvalue weighted by molar-refractivity contribution is 5.75. The van der Waals surface area contributed by atoms with Crippen molar-refractivity contribution < 1.29 is 4.79 Å². The van der Waals surface area contributed by atoms with Crippen LogP contribution in [0, 0.1) is 6.92 Å². The van der Waals surface area contributed by atoms with E-state index in [0.717, 1.165) is 13.0 Å². The van der Waals surface area contributed by atoms with Crippen molar-refractivity contribution in [3.63, 3.8) is 0 Å². The summed E-state index contributed by atoms with van der Waals surface area (Å²) in [5, 5.41) is 0. The standard InChI is InChI=1S/C13H19NO/c1-11-6-4-8-13(10-11)14(3)9-5-7-12(2)15/h4,6,8,10H,5,7,9H2,1-3H3. The van der Waals surface area contributed by atoms with Crippen LogP contribution in [0.2, 0.25) is 0 Å². The van der Waals surface area contributed by atoms with Gasteiger partial charge in [0.2, 0.25) is 0 Å². The summed E-state index contributed by atoms with van der Waals surface area (Å²) in [6.45, 7) is 4.67. The number of Topliss-reactive ketones (excluding diaryl/α,β-unsaturated/α-hetero) is 1. The third kappa shape index (κ3) is 4.15. The van der Waals surface area contributed by atoms with Gasteiger partial charge in [0.15, 0.2) is 0 Å². The maximum atomic E-state index is 10.8. The van der Waals surface area contributed by atoms with Crippen LogP contribution in [0.1, 0.15) is 25.3 Å². The largest absolute Gasteiger partial charge is 0.375 e. The molecule has 1 aromatic rings. The Kier molecular flexibility index (Phi) is 4.35. The number of hydrogen-bond acceptors (Lipinski definition) is 2. The average molecular weight is 205 g/mol. The highest BCUT2D eigenvalue weighted by atomic mass is 16.1. The molecule has 1 aromatic carbocycles. The lowest BCUT2D eigenvalue weighted by molar-refractivity contribution is -0.117. The average Bonchev–Trinajstić information content (AvgIpc) is 2.17. The third-order valence-corrected chi connectivity index (χ3v) is 2.46. The highest BCUT2D eigenvalue weighted by Gasteiger charge is 2.01. The number of benzene rings is 1. The normalized spacial score (nSPS) is 10.1. The Morgan fingerprint density at radius 3 is 2.73 bits per heavy atom. The molecule has 2 nitrogen and oxygen atoms in total. The van der Waals surface area contributed by atoms with Crippen molar-refractivity contribution in [1.82, 2.24) is 0 Å². The number of hydrogen-bond donors (Lipinski definition) is 0. The van der Waals surface area contributed by atoms with Gasteiger partial charge in [0, 0.05) is 25.7 Å². The van der Waals surface area contributed by atoms with E-state index in [1.165, 1.54) is 11.3 Å². The predicted molar refractivity (Wildman–Crippen MR) is 64.4 cm³/mol. The first-order chi connectivity index (χ1) is 7.09. The van der Waals surface area contributed by atoms with E-state index in [1.807, 2.05) is 0 Å². The molecule has 0 fully saturated rings. The number of carbonyl (C=O) groups is 1. The second-order valence-electron chi connectivity index (χ2n) is 4.07. The molecule has 0 radical (unpaired) electrons. The summed E-state index contributed by atoms with van der Waals surface area (Å²) in [5.41, 5.74) is 2.49. The van der Waals surface area contributed by atoms with Gasteiger partial charge in [-0.2, -0.15) is 0 Å². The zero-order chi connectivity index (χ0) is 11.3. The van der Waals surface area contributed by atoms with Crippen molar-refractivity contribution in [3.05, 3.63) is 29.8 Å². The fourth-order valence-electron chi connectivity index (χ4n) is 1.56. The van der Waals surface area contributed by atoms with E-state index in [4.69, 9.17) is 0 Å². The molecule has 0 aliphatic heterocycles. The first-order valence-electron chi connectivity index (χ1n) is 5.37. The molecule has 0 heterocycles. The van der Waals surface area contributed by atoms with Crippen LogP contribution in [-0.4, -0.2) is 19.4 Å². The van der Waals surface area contributed by atoms with E-state index in [1.54, 1.807) is 6.92 Å². The van der Waals surface area contributed by atoms with E-state index in [-0.39, 0.29) is 5.78 Å². The van der Waals surface area contributed by atoms with Crippen LogP contribution in [0.15, 0.2) is 24.3 Å². The SMILES string of the molecule is CC(=O)CCCN(C)c1cccc(C)c1. The summed E-state index contributed by atoms with van der Waals surface area (Å²) in [5.74, 6) is 0.271. The molecular weight excluding hydrogens is 186 g/mol. The molecule has 0 aliphatic rings. The van der Waals surface area contributed by atoms with Gasteiger partial charge in [-0.3, -0.25) is 0 Å². The smallest absolute Gasteiger partial charge is 0.129 e. The number of nitrogens with zero attached hydrogens (tertiary/aromatic N) is 1. The van der Waals surface area contributed by atoms with Crippen molar-refractivity contribution in [2.24, 2.45) is 0 Å². The molecule has 0 bridgehead atoms. The van der Waals surface area contributed by atoms with Gasteiger partial charge in [0.25, 0.3) is 0 Å². The van der Waals surface area contributed by atoms with Gasteiger partial charge in [0.05, 0.1) is 0 Å². The Labute approximate surface area is 91.9 Å². The molecule has 82 valence electrons. The minimum Gasteiger partial charge on any atom is -0.375 e. The fraction of sp³-hybridized carbons (Fsp3) is 0.462. The Hall–Kier alpha value is -1.31. The lowest BCUT2D eigenvalue weighted by Gasteiger charge is -2.19. The molecule has 0 spiro atoms. The van der Waals surface area contributed by atoms with Crippen molar-refractivity contribution in [1.29, 1.82) is 0 Å². The summed E-state index contributed by atoms with van der Waals surface area (Å²) < 4.78 is 0. The van der Waals surface area contributed by atoms with Gasteiger partial charge in [-0.15, -0.1) is 0 Å². The number of aryl methyl sites for hydroxylation is 1. The maximum Gasteiger partial charge on any atom is 0.129 e. The Bertz CT molecular complexity index is 333. The monoisotopic (exact) mass is 205 g/mol. The summed E-state index contributed by atoms with van der Waals surface area (Å²) in [6, 6.07) is 8.41. The molecule has 0 unspecified atom stereocenters. The van der Waals surface area contributed by atoms with E-state index < -0.39 is 0 Å². The third-order valence-electron chi connectivity index (χ3n) is 2.46. The molecule has 0 N–H and O–H groups in total. The van der Waals surface area contributed by atoms with Crippen LogP contribution in [0.5, 0.6) is 0 Å². The summed E-state index contributed by atoms with van der Waals surface area (Å²) in [7, 11) is 2.06. The van der Waals surface area contributed by atoms with Crippen LogP contribution in [0.3, 0.4) is 0 Å². The number of carbonyl (C=O) groups excluding carboxylic acids is 1. The van der Waals surface area contributed by atoms with Crippen molar-refractivity contribution >= 4 is 11.5 Å². The molecule has 2 heteroatoms. The van der Waals surface area contributed by atoms with Crippen LogP contribution in [0.25, 0.3) is 0 Å². The van der Waals surface area contributed by atoms with Crippen molar-refractivity contribution in [2.75, 3.05) is 18.5 Å². The van der Waals surface area contributed by atoms with Gasteiger partial charge < -0.3 is 9.69 Å². The zero-order valence-corrected chi connectivity index (χ0v) is 9.79. The minimum absolute atomic E-state index is 0.271. The fourth-order valence-corrected chi connectivity index (χ4v) is 1.56. The van der Waals surface area contributed by atoms with Crippen LogP contribution >= 0.6 is 0 Å². The summed E-state index contributed by atoms with van der Waals surface area (Å²) >= 11 is 0. The molecule has 1 rings (SSSR count). The van der Waals surface area contributed by atoms with E-state index in [0.29, 0.717) is 6.42 Å². The lowest BCUT2D eigenvalue weighted by Crippen LogP contribution is -2.18. The predicted octanol–water partition coefficient (Wildman–Crippen LogP) is 2.80. The van der Waals surface area contributed by atoms with Crippen molar-refractivity contribution in [3.8, 4) is 0 Å². The van der Waals surface area contributed by atoms with Crippen LogP contribution in [-0.2, 0) is 4.79 Å². The van der Waals surface area contributed by atoms with Gasteiger partial charge in [0.1, 0.15) is 5.78 Å². The summed E-state index contributed by atoms with van der Waals surface area (Å²) in [4.78, 5) is 13.0. The second kappa shape index (κ2) is 5.54. The first-order valence-corrected chi connectivity index (χ1v) is 5.37. The van der Waals surface area contributed by atoms with Gasteiger partial charge in [-0.05, 0) is 38.0 Å². The molecule has 0 saturated heterocycles. The second-order valence-corrected chi connectivity index (χ2v) is 4.07. The molecular formula is C13H19NO. The number of ketones is 1. The van der Waals surface area contributed by atoms with Gasteiger partial charge in [-0.1, -0.05) is 12.1 Å². The maximum absolute atomic E-state index is 10.8. The van der Waals surface area contributed by atoms with Crippen LogP contribution in [0.4, 0.5) is 5.69 Å². The van der Waals surface area contributed by atoms with Crippen molar-refractivity contribution in [2.45, 2.75) is 26.7 Å². The Morgan fingerprint density at radius 2 is 2.13 bits per heavy atom. The minimum atomic E-state index is 0.271. The van der Waals surface area contributed by atoms with Gasteiger partial charge in [-0.25, -0.2) is 0 Å². The zero-order valence-electron chi connectivity index (χ0n) is 9.79. The van der Waals surface area contributed by atoms with Crippen LogP contribution < -0.4 is 4.90 Å². The molecule has 0 aliphatic carbocycles. The Morgan fingerprint density at radius 1 is 1.40 bits per heavy atom. The molecule has 15 heavy (non-hydrogen) atoms. The first kappa shape index (κ1) is 11.8. The molecule has 0 atom stereocenters. The lowest BCUT2D eigenvalue weighted by atomic mass is 10.2.